The van der Waals surface area contributed by atoms with Gasteiger partial charge in [-0.05, 0) is 12.5 Å². The molecule has 6 heteroatoms. The van der Waals surface area contributed by atoms with Crippen LogP contribution in [0, 0.1) is 0 Å². The smallest absolute Gasteiger partial charge is 0.303 e. The summed E-state index contributed by atoms with van der Waals surface area (Å²) in [6.45, 7) is 0. The van der Waals surface area contributed by atoms with Crippen molar-refractivity contribution in [3.63, 3.8) is 0 Å². The summed E-state index contributed by atoms with van der Waals surface area (Å²) >= 11 is 0. The first-order valence-electron chi connectivity index (χ1n) is 5.41. The number of aliphatic carboxylic acids is 1. The first-order valence-corrected chi connectivity index (χ1v) is 5.41. The largest absolute Gasteiger partial charge is 0.508 e. The normalized spacial score (nSPS) is 11.9. The Morgan fingerprint density at radius 3 is 2.56 bits per heavy atom. The number of benzene rings is 1. The van der Waals surface area contributed by atoms with Gasteiger partial charge in [0.15, 0.2) is 11.5 Å². The van der Waals surface area contributed by atoms with Gasteiger partial charge in [0.05, 0.1) is 14.2 Å². The third-order valence-electron chi connectivity index (χ3n) is 2.56. The fraction of sp³-hybridized carbons (Fsp3) is 0.417. The summed E-state index contributed by atoms with van der Waals surface area (Å²) in [5, 5.41) is 18.2. The molecule has 0 saturated heterocycles. The highest BCUT2D eigenvalue weighted by molar-refractivity contribution is 5.66. The minimum Gasteiger partial charge on any atom is -0.508 e. The van der Waals surface area contributed by atoms with Crippen molar-refractivity contribution in [3.8, 4) is 17.2 Å². The van der Waals surface area contributed by atoms with Crippen LogP contribution in [0.1, 0.15) is 24.4 Å². The molecule has 0 amide bonds. The second-order valence-corrected chi connectivity index (χ2v) is 3.81. The molecule has 1 unspecified atom stereocenters. The number of aromatic hydroxyl groups is 1. The first kappa shape index (κ1) is 14.1. The average Bonchev–Trinajstić information content (AvgIpc) is 2.34. The Bertz CT molecular complexity index is 433. The maximum absolute atomic E-state index is 10.5. The Morgan fingerprint density at radius 2 is 2.06 bits per heavy atom. The summed E-state index contributed by atoms with van der Waals surface area (Å²) in [5.74, 6) is -0.156. The number of carboxylic acids is 1. The number of phenols is 1. The summed E-state index contributed by atoms with van der Waals surface area (Å²) in [6, 6.07) is 2.32. The fourth-order valence-corrected chi connectivity index (χ4v) is 1.69. The molecule has 1 aromatic rings. The SMILES string of the molecule is COc1cc(O)cc(C(N)CCC(=O)O)c1OC. The first-order chi connectivity index (χ1) is 8.49. The van der Waals surface area contributed by atoms with Crippen molar-refractivity contribution in [2.45, 2.75) is 18.9 Å². The summed E-state index contributed by atoms with van der Waals surface area (Å²) in [4.78, 5) is 10.5. The van der Waals surface area contributed by atoms with Crippen molar-refractivity contribution in [3.05, 3.63) is 17.7 Å². The minimum atomic E-state index is -0.920. The second kappa shape index (κ2) is 6.11. The lowest BCUT2D eigenvalue weighted by atomic mass is 10.0. The van der Waals surface area contributed by atoms with Crippen LogP contribution in [0.15, 0.2) is 12.1 Å². The molecule has 0 aliphatic heterocycles. The van der Waals surface area contributed by atoms with Crippen molar-refractivity contribution < 1.29 is 24.5 Å². The van der Waals surface area contributed by atoms with E-state index in [0.29, 0.717) is 17.1 Å². The summed E-state index contributed by atoms with van der Waals surface area (Å²) in [7, 11) is 2.91. The van der Waals surface area contributed by atoms with Crippen LogP contribution in [0.25, 0.3) is 0 Å². The number of phenolic OH excluding ortho intramolecular Hbond substituents is 1. The van der Waals surface area contributed by atoms with Crippen LogP contribution < -0.4 is 15.2 Å². The third-order valence-corrected chi connectivity index (χ3v) is 2.56. The minimum absolute atomic E-state index is 0.00609. The maximum Gasteiger partial charge on any atom is 0.303 e. The highest BCUT2D eigenvalue weighted by Crippen LogP contribution is 2.38. The zero-order valence-electron chi connectivity index (χ0n) is 10.3. The van der Waals surface area contributed by atoms with E-state index in [1.807, 2.05) is 0 Å². The van der Waals surface area contributed by atoms with Gasteiger partial charge in [-0.25, -0.2) is 0 Å². The van der Waals surface area contributed by atoms with Gasteiger partial charge >= 0.3 is 5.97 Å². The standard InChI is InChI=1S/C12H17NO5/c1-17-10-6-7(14)5-8(12(10)18-2)9(13)3-4-11(15)16/h5-6,9,14H,3-4,13H2,1-2H3,(H,15,16). The van der Waals surface area contributed by atoms with Crippen molar-refractivity contribution in [1.29, 1.82) is 0 Å². The molecular formula is C12H17NO5. The zero-order valence-corrected chi connectivity index (χ0v) is 10.3. The average molecular weight is 255 g/mol. The van der Waals surface area contributed by atoms with Crippen LogP contribution in [0.4, 0.5) is 0 Å². The van der Waals surface area contributed by atoms with E-state index in [2.05, 4.69) is 0 Å². The van der Waals surface area contributed by atoms with Crippen LogP contribution in [-0.2, 0) is 4.79 Å². The number of methoxy groups -OCH3 is 2. The molecule has 100 valence electrons. The molecule has 18 heavy (non-hydrogen) atoms. The third kappa shape index (κ3) is 3.27. The lowest BCUT2D eigenvalue weighted by molar-refractivity contribution is -0.137. The number of rotatable bonds is 6. The van der Waals surface area contributed by atoms with Crippen molar-refractivity contribution >= 4 is 5.97 Å². The quantitative estimate of drug-likeness (QED) is 0.707. The molecule has 6 nitrogen and oxygen atoms in total. The predicted molar refractivity (Wildman–Crippen MR) is 65.0 cm³/mol. The Morgan fingerprint density at radius 1 is 1.39 bits per heavy atom. The Hall–Kier alpha value is -1.95. The number of hydrogen-bond donors (Lipinski definition) is 3. The van der Waals surface area contributed by atoms with Gasteiger partial charge in [0.25, 0.3) is 0 Å². The van der Waals surface area contributed by atoms with Gasteiger partial charge in [0, 0.05) is 24.1 Å². The van der Waals surface area contributed by atoms with Gasteiger partial charge in [-0.15, -0.1) is 0 Å². The molecular weight excluding hydrogens is 238 g/mol. The fourth-order valence-electron chi connectivity index (χ4n) is 1.69. The van der Waals surface area contributed by atoms with Crippen molar-refractivity contribution in [2.75, 3.05) is 14.2 Å². The summed E-state index contributed by atoms with van der Waals surface area (Å²) < 4.78 is 10.3. The molecule has 0 spiro atoms. The molecule has 0 aliphatic rings. The molecule has 4 N–H and O–H groups in total. The van der Waals surface area contributed by atoms with Crippen LogP contribution >= 0.6 is 0 Å². The molecule has 0 saturated carbocycles. The number of hydrogen-bond acceptors (Lipinski definition) is 5. The van der Waals surface area contributed by atoms with E-state index in [9.17, 15) is 9.90 Å². The summed E-state index contributed by atoms with van der Waals surface area (Å²) in [5.41, 5.74) is 6.43. The van der Waals surface area contributed by atoms with E-state index in [1.165, 1.54) is 26.4 Å². The van der Waals surface area contributed by atoms with E-state index >= 15 is 0 Å². The van der Waals surface area contributed by atoms with Gasteiger partial charge in [0.1, 0.15) is 5.75 Å². The highest BCUT2D eigenvalue weighted by Gasteiger charge is 2.18. The second-order valence-electron chi connectivity index (χ2n) is 3.81. The predicted octanol–water partition coefficient (Wildman–Crippen LogP) is 1.27. The topological polar surface area (TPSA) is 102 Å². The molecule has 0 aromatic heterocycles. The molecule has 0 heterocycles. The van der Waals surface area contributed by atoms with E-state index in [4.69, 9.17) is 20.3 Å². The Balaban J connectivity index is 3.05. The lowest BCUT2D eigenvalue weighted by Gasteiger charge is -2.17. The molecule has 1 rings (SSSR count). The van der Waals surface area contributed by atoms with Crippen molar-refractivity contribution in [1.82, 2.24) is 0 Å². The zero-order chi connectivity index (χ0) is 13.7. The van der Waals surface area contributed by atoms with Crippen molar-refractivity contribution in [2.24, 2.45) is 5.73 Å². The van der Waals surface area contributed by atoms with Crippen LogP contribution in [-0.4, -0.2) is 30.4 Å². The highest BCUT2D eigenvalue weighted by atomic mass is 16.5. The van der Waals surface area contributed by atoms with Gasteiger partial charge in [-0.3, -0.25) is 4.79 Å². The molecule has 0 aliphatic carbocycles. The maximum atomic E-state index is 10.5. The van der Waals surface area contributed by atoms with Gasteiger partial charge < -0.3 is 25.4 Å². The van der Waals surface area contributed by atoms with E-state index < -0.39 is 12.0 Å². The number of ether oxygens (including phenoxy) is 2. The Kier molecular flexibility index (Phi) is 4.79. The van der Waals surface area contributed by atoms with E-state index in [0.717, 1.165) is 0 Å². The van der Waals surface area contributed by atoms with E-state index in [1.54, 1.807) is 0 Å². The number of nitrogens with two attached hydrogens (primary N) is 1. The lowest BCUT2D eigenvalue weighted by Crippen LogP contribution is -2.13. The number of carbonyl (C=O) groups is 1. The molecule has 0 fully saturated rings. The monoisotopic (exact) mass is 255 g/mol. The van der Waals surface area contributed by atoms with Crippen LogP contribution in [0.2, 0.25) is 0 Å². The molecule has 0 radical (unpaired) electrons. The Labute approximate surface area is 105 Å². The molecule has 0 bridgehead atoms. The van der Waals surface area contributed by atoms with Crippen LogP contribution in [0.3, 0.4) is 0 Å². The van der Waals surface area contributed by atoms with Crippen LogP contribution in [0.5, 0.6) is 17.2 Å². The molecule has 1 aromatic carbocycles. The van der Waals surface area contributed by atoms with Gasteiger partial charge in [-0.2, -0.15) is 0 Å². The molecule has 1 atom stereocenters. The summed E-state index contributed by atoms with van der Waals surface area (Å²) in [6.07, 6.45) is 0.195. The van der Waals surface area contributed by atoms with Gasteiger partial charge in [-0.1, -0.05) is 0 Å². The van der Waals surface area contributed by atoms with Gasteiger partial charge in [0.2, 0.25) is 0 Å². The van der Waals surface area contributed by atoms with E-state index in [-0.39, 0.29) is 18.6 Å². The number of carboxylic acid groups (broad SMARTS) is 1.